The van der Waals surface area contributed by atoms with Crippen molar-refractivity contribution in [3.63, 3.8) is 0 Å². The first-order valence-electron chi connectivity index (χ1n) is 3.64. The second-order valence-corrected chi connectivity index (χ2v) is 3.05. The summed E-state index contributed by atoms with van der Waals surface area (Å²) in [6.07, 6.45) is 0.596. The van der Waals surface area contributed by atoms with Crippen LogP contribution in [0, 0.1) is 11.8 Å². The molecule has 0 radical (unpaired) electrons. The van der Waals surface area contributed by atoms with Crippen molar-refractivity contribution in [2.75, 3.05) is 0 Å². The minimum Gasteiger partial charge on any atom is -0.481 e. The van der Waals surface area contributed by atoms with Crippen molar-refractivity contribution in [3.8, 4) is 0 Å². The van der Waals surface area contributed by atoms with Crippen LogP contribution in [-0.4, -0.2) is 22.2 Å². The summed E-state index contributed by atoms with van der Waals surface area (Å²) in [6.45, 7) is 3.59. The molecule has 1 saturated carbocycles. The molecule has 0 spiro atoms. The minimum atomic E-state index is -1.04. The smallest absolute Gasteiger partial charge is 0.307 e. The van der Waals surface area contributed by atoms with Crippen LogP contribution >= 0.6 is 0 Å². The second kappa shape index (κ2) is 2.97. The van der Waals surface area contributed by atoms with Gasteiger partial charge in [0.25, 0.3) is 0 Å². The predicted molar refractivity (Wildman–Crippen MR) is 40.6 cm³/mol. The lowest BCUT2D eigenvalue weighted by atomic mass is 9.97. The van der Waals surface area contributed by atoms with E-state index in [1.807, 2.05) is 0 Å². The molecular formula is C8H10O4. The summed E-state index contributed by atoms with van der Waals surface area (Å²) in [5.41, 5.74) is 0.717. The lowest BCUT2D eigenvalue weighted by molar-refractivity contribution is -0.152. The Bertz CT molecular complexity index is 219. The van der Waals surface area contributed by atoms with Crippen LogP contribution in [0.15, 0.2) is 12.2 Å². The number of hydrogen-bond donors (Lipinski definition) is 2. The number of aliphatic carboxylic acids is 2. The maximum absolute atomic E-state index is 10.6. The molecule has 1 fully saturated rings. The standard InChI is InChI=1S/C8H10O4/c1-4-2-5(7(9)10)6(3-4)8(11)12/h5-6H,1-3H2,(H,9,10)(H,11,12)/t5-,6-/m0/s1. The average Bonchev–Trinajstić information content (AvgIpc) is 2.31. The molecule has 0 bridgehead atoms. The van der Waals surface area contributed by atoms with Crippen molar-refractivity contribution >= 4 is 11.9 Å². The van der Waals surface area contributed by atoms with Crippen molar-refractivity contribution in [1.29, 1.82) is 0 Å². The minimum absolute atomic E-state index is 0.298. The van der Waals surface area contributed by atoms with Gasteiger partial charge in [-0.3, -0.25) is 9.59 Å². The third-order valence-corrected chi connectivity index (χ3v) is 2.14. The van der Waals surface area contributed by atoms with Crippen LogP contribution in [0.5, 0.6) is 0 Å². The molecule has 1 rings (SSSR count). The van der Waals surface area contributed by atoms with E-state index < -0.39 is 23.8 Å². The first-order valence-corrected chi connectivity index (χ1v) is 3.64. The van der Waals surface area contributed by atoms with Crippen LogP contribution in [0.3, 0.4) is 0 Å². The van der Waals surface area contributed by atoms with Gasteiger partial charge in [0.15, 0.2) is 0 Å². The topological polar surface area (TPSA) is 74.6 Å². The molecule has 0 aromatic heterocycles. The van der Waals surface area contributed by atoms with Crippen LogP contribution < -0.4 is 0 Å². The molecule has 2 N–H and O–H groups in total. The quantitative estimate of drug-likeness (QED) is 0.599. The lowest BCUT2D eigenvalue weighted by Gasteiger charge is -2.08. The van der Waals surface area contributed by atoms with Gasteiger partial charge in [-0.2, -0.15) is 0 Å². The lowest BCUT2D eigenvalue weighted by Crippen LogP contribution is -2.24. The molecule has 0 aromatic rings. The molecule has 0 heterocycles. The highest BCUT2D eigenvalue weighted by atomic mass is 16.4. The monoisotopic (exact) mass is 170 g/mol. The number of hydrogen-bond acceptors (Lipinski definition) is 2. The van der Waals surface area contributed by atoms with E-state index in [0.29, 0.717) is 12.8 Å². The number of carboxylic acid groups (broad SMARTS) is 2. The molecule has 0 unspecified atom stereocenters. The summed E-state index contributed by atoms with van der Waals surface area (Å²) in [6, 6.07) is 0. The maximum atomic E-state index is 10.6. The summed E-state index contributed by atoms with van der Waals surface area (Å²) in [5, 5.41) is 17.3. The molecule has 0 aliphatic heterocycles. The normalized spacial score (nSPS) is 28.8. The average molecular weight is 170 g/mol. The van der Waals surface area contributed by atoms with E-state index in [1.54, 1.807) is 0 Å². The van der Waals surface area contributed by atoms with Gasteiger partial charge in [0.05, 0.1) is 11.8 Å². The summed E-state index contributed by atoms with van der Waals surface area (Å²) >= 11 is 0. The molecule has 0 aromatic carbocycles. The molecule has 4 nitrogen and oxygen atoms in total. The molecule has 1 aliphatic rings. The van der Waals surface area contributed by atoms with Crippen molar-refractivity contribution in [3.05, 3.63) is 12.2 Å². The highest BCUT2D eigenvalue weighted by molar-refractivity contribution is 5.81. The Hall–Kier alpha value is -1.32. The zero-order valence-electron chi connectivity index (χ0n) is 6.49. The fourth-order valence-corrected chi connectivity index (χ4v) is 1.51. The zero-order chi connectivity index (χ0) is 9.30. The molecule has 2 atom stereocenters. The van der Waals surface area contributed by atoms with E-state index >= 15 is 0 Å². The Kier molecular flexibility index (Phi) is 2.17. The van der Waals surface area contributed by atoms with E-state index in [0.717, 1.165) is 5.57 Å². The van der Waals surface area contributed by atoms with Crippen molar-refractivity contribution in [2.24, 2.45) is 11.8 Å². The number of carbonyl (C=O) groups is 2. The van der Waals surface area contributed by atoms with E-state index in [-0.39, 0.29) is 0 Å². The predicted octanol–water partition coefficient (Wildman–Crippen LogP) is 0.738. The van der Waals surface area contributed by atoms with Gasteiger partial charge in [-0.15, -0.1) is 0 Å². The maximum Gasteiger partial charge on any atom is 0.307 e. The Morgan fingerprint density at radius 1 is 1.17 bits per heavy atom. The summed E-state index contributed by atoms with van der Waals surface area (Å²) in [7, 11) is 0. The summed E-state index contributed by atoms with van der Waals surface area (Å²) in [4.78, 5) is 21.1. The van der Waals surface area contributed by atoms with Gasteiger partial charge in [0, 0.05) is 0 Å². The third-order valence-electron chi connectivity index (χ3n) is 2.14. The zero-order valence-corrected chi connectivity index (χ0v) is 6.49. The second-order valence-electron chi connectivity index (χ2n) is 3.05. The Balaban J connectivity index is 2.79. The van der Waals surface area contributed by atoms with Gasteiger partial charge in [-0.05, 0) is 12.8 Å². The van der Waals surface area contributed by atoms with E-state index in [1.165, 1.54) is 0 Å². The first-order chi connectivity index (χ1) is 5.52. The van der Waals surface area contributed by atoms with Crippen LogP contribution in [0.4, 0.5) is 0 Å². The highest BCUT2D eigenvalue weighted by Crippen LogP contribution is 2.35. The number of rotatable bonds is 2. The van der Waals surface area contributed by atoms with Crippen LogP contribution in [0.1, 0.15) is 12.8 Å². The van der Waals surface area contributed by atoms with Gasteiger partial charge in [-0.1, -0.05) is 12.2 Å². The van der Waals surface area contributed by atoms with Gasteiger partial charge >= 0.3 is 11.9 Å². The molecule has 66 valence electrons. The fraction of sp³-hybridized carbons (Fsp3) is 0.500. The number of allylic oxidation sites excluding steroid dienone is 1. The summed E-state index contributed by atoms with van der Waals surface area (Å²) < 4.78 is 0. The van der Waals surface area contributed by atoms with E-state index in [9.17, 15) is 9.59 Å². The SMILES string of the molecule is C=C1C[C@H](C(=O)O)[C@@H](C(=O)O)C1. The van der Waals surface area contributed by atoms with Gasteiger partial charge < -0.3 is 10.2 Å². The van der Waals surface area contributed by atoms with Crippen molar-refractivity contribution in [2.45, 2.75) is 12.8 Å². The molecule has 12 heavy (non-hydrogen) atoms. The van der Waals surface area contributed by atoms with Gasteiger partial charge in [-0.25, -0.2) is 0 Å². The van der Waals surface area contributed by atoms with E-state index in [2.05, 4.69) is 6.58 Å². The molecular weight excluding hydrogens is 160 g/mol. The molecule has 1 aliphatic carbocycles. The molecule has 0 saturated heterocycles. The largest absolute Gasteiger partial charge is 0.481 e. The Labute approximate surface area is 69.5 Å². The molecule has 0 amide bonds. The third kappa shape index (κ3) is 1.47. The Morgan fingerprint density at radius 2 is 1.50 bits per heavy atom. The van der Waals surface area contributed by atoms with Crippen molar-refractivity contribution in [1.82, 2.24) is 0 Å². The van der Waals surface area contributed by atoms with Crippen LogP contribution in [0.2, 0.25) is 0 Å². The first kappa shape index (κ1) is 8.77. The van der Waals surface area contributed by atoms with Crippen LogP contribution in [-0.2, 0) is 9.59 Å². The van der Waals surface area contributed by atoms with Gasteiger partial charge in [0.2, 0.25) is 0 Å². The van der Waals surface area contributed by atoms with Crippen molar-refractivity contribution < 1.29 is 19.8 Å². The molecule has 4 heteroatoms. The number of carboxylic acids is 2. The Morgan fingerprint density at radius 3 is 1.75 bits per heavy atom. The van der Waals surface area contributed by atoms with E-state index in [4.69, 9.17) is 10.2 Å². The van der Waals surface area contributed by atoms with Crippen LogP contribution in [0.25, 0.3) is 0 Å². The highest BCUT2D eigenvalue weighted by Gasteiger charge is 2.39. The van der Waals surface area contributed by atoms with Gasteiger partial charge in [0.1, 0.15) is 0 Å². The summed E-state index contributed by atoms with van der Waals surface area (Å²) in [5.74, 6) is -3.65. The fourth-order valence-electron chi connectivity index (χ4n) is 1.51.